The summed E-state index contributed by atoms with van der Waals surface area (Å²) < 4.78 is 54.4. The van der Waals surface area contributed by atoms with Gasteiger partial charge in [-0.1, -0.05) is 12.8 Å². The van der Waals surface area contributed by atoms with E-state index < -0.39 is 6.36 Å². The first kappa shape index (κ1) is 18.2. The molecule has 0 bridgehead atoms. The number of rotatable bonds is 6. The number of alkyl halides is 3. The maximum absolute atomic E-state index is 12.9. The van der Waals surface area contributed by atoms with E-state index in [1.54, 1.807) is 13.0 Å². The first-order valence-electron chi connectivity index (χ1n) is 9.11. The molecule has 2 fully saturated rings. The SMILES string of the molecule is Cc1c(OC2CCCC2)ccc(OCC2CCCC2)c1OC(F)(F)F. The van der Waals surface area contributed by atoms with Gasteiger partial charge in [0.15, 0.2) is 11.5 Å². The lowest BCUT2D eigenvalue weighted by Gasteiger charge is -2.21. The summed E-state index contributed by atoms with van der Waals surface area (Å²) in [5.41, 5.74) is 0.341. The summed E-state index contributed by atoms with van der Waals surface area (Å²) in [6.45, 7) is 2.02. The van der Waals surface area contributed by atoms with E-state index in [0.29, 0.717) is 23.8 Å². The molecule has 0 amide bonds. The average Bonchev–Trinajstić information content (AvgIpc) is 3.22. The van der Waals surface area contributed by atoms with Gasteiger partial charge < -0.3 is 14.2 Å². The third-order valence-electron chi connectivity index (χ3n) is 5.08. The van der Waals surface area contributed by atoms with E-state index in [2.05, 4.69) is 4.74 Å². The van der Waals surface area contributed by atoms with E-state index in [1.165, 1.54) is 6.07 Å². The van der Waals surface area contributed by atoms with Gasteiger partial charge in [-0.3, -0.25) is 0 Å². The molecule has 6 heteroatoms. The molecule has 0 saturated heterocycles. The highest BCUT2D eigenvalue weighted by molar-refractivity contribution is 5.53. The molecule has 0 heterocycles. The summed E-state index contributed by atoms with van der Waals surface area (Å²) in [5.74, 6) is 0.717. The van der Waals surface area contributed by atoms with Crippen molar-refractivity contribution in [3.63, 3.8) is 0 Å². The van der Waals surface area contributed by atoms with Crippen LogP contribution in [0.25, 0.3) is 0 Å². The number of hydrogen-bond donors (Lipinski definition) is 0. The second-order valence-corrected chi connectivity index (χ2v) is 7.05. The van der Waals surface area contributed by atoms with Crippen LogP contribution in [0.5, 0.6) is 17.2 Å². The van der Waals surface area contributed by atoms with Crippen LogP contribution < -0.4 is 14.2 Å². The highest BCUT2D eigenvalue weighted by Gasteiger charge is 2.34. The van der Waals surface area contributed by atoms with Gasteiger partial charge in [0.05, 0.1) is 12.7 Å². The summed E-state index contributed by atoms with van der Waals surface area (Å²) in [5, 5.41) is 0. The van der Waals surface area contributed by atoms with Gasteiger partial charge >= 0.3 is 6.36 Å². The van der Waals surface area contributed by atoms with Gasteiger partial charge in [-0.15, -0.1) is 13.2 Å². The van der Waals surface area contributed by atoms with Crippen molar-refractivity contribution < 1.29 is 27.4 Å². The lowest BCUT2D eigenvalue weighted by Crippen LogP contribution is -2.20. The van der Waals surface area contributed by atoms with E-state index in [1.807, 2.05) is 0 Å². The normalized spacial score (nSPS) is 19.4. The van der Waals surface area contributed by atoms with Crippen molar-refractivity contribution in [2.75, 3.05) is 6.61 Å². The van der Waals surface area contributed by atoms with Crippen LogP contribution in [0.2, 0.25) is 0 Å². The minimum Gasteiger partial charge on any atom is -0.490 e. The zero-order valence-corrected chi connectivity index (χ0v) is 14.5. The Balaban J connectivity index is 1.78. The largest absolute Gasteiger partial charge is 0.573 e. The summed E-state index contributed by atoms with van der Waals surface area (Å²) in [4.78, 5) is 0. The maximum Gasteiger partial charge on any atom is 0.573 e. The monoisotopic (exact) mass is 358 g/mol. The first-order chi connectivity index (χ1) is 11.9. The highest BCUT2D eigenvalue weighted by Crippen LogP contribution is 2.41. The van der Waals surface area contributed by atoms with Gasteiger partial charge in [0.1, 0.15) is 5.75 Å². The minimum absolute atomic E-state index is 0.0719. The summed E-state index contributed by atoms with van der Waals surface area (Å²) in [6, 6.07) is 3.23. The number of benzene rings is 1. The van der Waals surface area contributed by atoms with Crippen molar-refractivity contribution in [3.05, 3.63) is 17.7 Å². The van der Waals surface area contributed by atoms with Crippen LogP contribution in [0.15, 0.2) is 12.1 Å². The third kappa shape index (κ3) is 4.95. The van der Waals surface area contributed by atoms with Crippen LogP contribution in [0.4, 0.5) is 13.2 Å². The van der Waals surface area contributed by atoms with Crippen LogP contribution >= 0.6 is 0 Å². The van der Waals surface area contributed by atoms with Gasteiger partial charge in [-0.25, -0.2) is 0 Å². The van der Waals surface area contributed by atoms with Crippen LogP contribution in [0.3, 0.4) is 0 Å². The van der Waals surface area contributed by atoms with Crippen molar-refractivity contribution in [1.82, 2.24) is 0 Å². The highest BCUT2D eigenvalue weighted by atomic mass is 19.4. The van der Waals surface area contributed by atoms with Gasteiger partial charge in [0.25, 0.3) is 0 Å². The Morgan fingerprint density at radius 1 is 0.960 bits per heavy atom. The molecule has 1 aromatic rings. The Kier molecular flexibility index (Phi) is 5.64. The van der Waals surface area contributed by atoms with Gasteiger partial charge in [-0.2, -0.15) is 0 Å². The molecule has 0 spiro atoms. The predicted molar refractivity (Wildman–Crippen MR) is 88.2 cm³/mol. The Hall–Kier alpha value is -1.59. The molecule has 2 aliphatic rings. The van der Waals surface area contributed by atoms with E-state index in [0.717, 1.165) is 51.4 Å². The van der Waals surface area contributed by atoms with Crippen molar-refractivity contribution in [2.24, 2.45) is 5.92 Å². The fourth-order valence-electron chi connectivity index (χ4n) is 3.70. The number of hydrogen-bond acceptors (Lipinski definition) is 3. The Bertz CT molecular complexity index is 574. The Morgan fingerprint density at radius 2 is 1.56 bits per heavy atom. The average molecular weight is 358 g/mol. The smallest absolute Gasteiger partial charge is 0.490 e. The van der Waals surface area contributed by atoms with Crippen LogP contribution in [0, 0.1) is 12.8 Å². The molecule has 2 aliphatic carbocycles. The molecular formula is C19H25F3O3. The molecule has 140 valence electrons. The molecule has 0 N–H and O–H groups in total. The summed E-state index contributed by atoms with van der Waals surface area (Å²) in [7, 11) is 0. The molecule has 1 aromatic carbocycles. The van der Waals surface area contributed by atoms with Crippen molar-refractivity contribution in [3.8, 4) is 17.2 Å². The van der Waals surface area contributed by atoms with E-state index in [-0.39, 0.29) is 17.6 Å². The zero-order valence-electron chi connectivity index (χ0n) is 14.5. The quantitative estimate of drug-likeness (QED) is 0.645. The van der Waals surface area contributed by atoms with Crippen LogP contribution in [0.1, 0.15) is 56.9 Å². The third-order valence-corrected chi connectivity index (χ3v) is 5.08. The van der Waals surface area contributed by atoms with Crippen molar-refractivity contribution in [1.29, 1.82) is 0 Å². The van der Waals surface area contributed by atoms with Gasteiger partial charge in [-0.05, 0) is 63.5 Å². The van der Waals surface area contributed by atoms with E-state index in [4.69, 9.17) is 9.47 Å². The molecule has 0 unspecified atom stereocenters. The molecule has 0 aromatic heterocycles. The minimum atomic E-state index is -4.76. The van der Waals surface area contributed by atoms with Crippen LogP contribution in [-0.4, -0.2) is 19.1 Å². The second-order valence-electron chi connectivity index (χ2n) is 7.05. The zero-order chi connectivity index (χ0) is 17.9. The molecule has 25 heavy (non-hydrogen) atoms. The van der Waals surface area contributed by atoms with Crippen molar-refractivity contribution in [2.45, 2.75) is 70.8 Å². The summed E-state index contributed by atoms with van der Waals surface area (Å²) in [6.07, 6.45) is 3.83. The van der Waals surface area contributed by atoms with Gasteiger partial charge in [0.2, 0.25) is 0 Å². The predicted octanol–water partition coefficient (Wildman–Crippen LogP) is 5.78. The maximum atomic E-state index is 12.9. The molecule has 2 saturated carbocycles. The van der Waals surface area contributed by atoms with E-state index in [9.17, 15) is 13.2 Å². The molecule has 3 rings (SSSR count). The topological polar surface area (TPSA) is 27.7 Å². The lowest BCUT2D eigenvalue weighted by molar-refractivity contribution is -0.275. The van der Waals surface area contributed by atoms with E-state index >= 15 is 0 Å². The second kappa shape index (κ2) is 7.75. The molecule has 0 radical (unpaired) electrons. The molecule has 0 aliphatic heterocycles. The molecule has 0 atom stereocenters. The first-order valence-corrected chi connectivity index (χ1v) is 9.11. The standard InChI is InChI=1S/C19H25F3O3/c1-13-16(24-15-8-4-5-9-15)10-11-17(18(13)25-19(20,21)22)23-12-14-6-2-3-7-14/h10-11,14-15H,2-9,12H2,1H3. The fraction of sp³-hybridized carbons (Fsp3) is 0.684. The molecular weight excluding hydrogens is 333 g/mol. The number of ether oxygens (including phenoxy) is 3. The van der Waals surface area contributed by atoms with Gasteiger partial charge in [0, 0.05) is 5.56 Å². The fourth-order valence-corrected chi connectivity index (χ4v) is 3.70. The lowest BCUT2D eigenvalue weighted by atomic mass is 10.1. The Morgan fingerprint density at radius 3 is 2.20 bits per heavy atom. The van der Waals surface area contributed by atoms with Crippen molar-refractivity contribution >= 4 is 0 Å². The van der Waals surface area contributed by atoms with Crippen LogP contribution in [-0.2, 0) is 0 Å². The number of halogens is 3. The molecule has 3 nitrogen and oxygen atoms in total. The Labute approximate surface area is 146 Å². The summed E-state index contributed by atoms with van der Waals surface area (Å²) >= 11 is 0.